The molecule has 1 N–H and O–H groups in total. The highest BCUT2D eigenvalue weighted by atomic mass is 16.1. The second-order valence-corrected chi connectivity index (χ2v) is 2.78. The highest BCUT2D eigenvalue weighted by Gasteiger charge is 2.10. The third-order valence-corrected chi connectivity index (χ3v) is 1.82. The summed E-state index contributed by atoms with van der Waals surface area (Å²) < 4.78 is 0. The van der Waals surface area contributed by atoms with Gasteiger partial charge in [-0.3, -0.25) is 4.79 Å². The van der Waals surface area contributed by atoms with Gasteiger partial charge in [0, 0.05) is 13.0 Å². The third kappa shape index (κ3) is 2.04. The van der Waals surface area contributed by atoms with Crippen LogP contribution in [0.25, 0.3) is 0 Å². The van der Waals surface area contributed by atoms with E-state index < -0.39 is 0 Å². The first-order valence-corrected chi connectivity index (χ1v) is 3.56. The summed E-state index contributed by atoms with van der Waals surface area (Å²) in [6.07, 6.45) is 2.93. The van der Waals surface area contributed by atoms with Crippen molar-refractivity contribution in [2.75, 3.05) is 6.54 Å². The number of hydrogen-bond donors (Lipinski definition) is 1. The molecule has 9 heavy (non-hydrogen) atoms. The molecule has 1 saturated heterocycles. The average Bonchev–Trinajstić information content (AvgIpc) is 1.97. The molecular formula is C7H13NO. The van der Waals surface area contributed by atoms with Gasteiger partial charge in [-0.1, -0.05) is 6.92 Å². The molecule has 1 amide bonds. The van der Waals surface area contributed by atoms with E-state index in [9.17, 15) is 4.79 Å². The van der Waals surface area contributed by atoms with E-state index in [1.807, 2.05) is 0 Å². The Balaban J connectivity index is 2.34. The van der Waals surface area contributed by atoms with Crippen molar-refractivity contribution in [2.45, 2.75) is 26.2 Å². The highest BCUT2D eigenvalue weighted by Crippen LogP contribution is 2.11. The molecule has 2 nitrogen and oxygen atoms in total. The second kappa shape index (κ2) is 2.85. The highest BCUT2D eigenvalue weighted by molar-refractivity contribution is 5.76. The van der Waals surface area contributed by atoms with Crippen molar-refractivity contribution in [2.24, 2.45) is 5.92 Å². The molecule has 1 atom stereocenters. The van der Waals surface area contributed by atoms with Crippen LogP contribution in [0.15, 0.2) is 0 Å². The molecule has 1 aliphatic rings. The van der Waals surface area contributed by atoms with Gasteiger partial charge in [0.1, 0.15) is 0 Å². The Kier molecular flexibility index (Phi) is 2.09. The summed E-state index contributed by atoms with van der Waals surface area (Å²) in [4.78, 5) is 10.7. The van der Waals surface area contributed by atoms with Gasteiger partial charge in [-0.15, -0.1) is 0 Å². The fraction of sp³-hybridized carbons (Fsp3) is 0.857. The maximum atomic E-state index is 10.7. The maximum absolute atomic E-state index is 10.7. The van der Waals surface area contributed by atoms with Gasteiger partial charge in [-0.2, -0.15) is 0 Å². The van der Waals surface area contributed by atoms with Crippen molar-refractivity contribution < 1.29 is 4.79 Å². The van der Waals surface area contributed by atoms with E-state index in [0.29, 0.717) is 0 Å². The van der Waals surface area contributed by atoms with Gasteiger partial charge in [0.2, 0.25) is 5.91 Å². The van der Waals surface area contributed by atoms with Crippen molar-refractivity contribution in [3.8, 4) is 0 Å². The van der Waals surface area contributed by atoms with Crippen LogP contribution in [0.2, 0.25) is 0 Å². The molecule has 0 spiro atoms. The van der Waals surface area contributed by atoms with Crippen LogP contribution in [0.3, 0.4) is 0 Å². The first-order valence-electron chi connectivity index (χ1n) is 3.56. The van der Waals surface area contributed by atoms with Crippen molar-refractivity contribution in [1.29, 1.82) is 0 Å². The summed E-state index contributed by atoms with van der Waals surface area (Å²) in [5.74, 6) is 0.948. The topological polar surface area (TPSA) is 29.1 Å². The number of rotatable bonds is 0. The van der Waals surface area contributed by atoms with Crippen LogP contribution in [0.5, 0.6) is 0 Å². The lowest BCUT2D eigenvalue weighted by Gasteiger charge is -2.01. The molecular weight excluding hydrogens is 114 g/mol. The Bertz CT molecular complexity index is 111. The molecule has 0 saturated carbocycles. The van der Waals surface area contributed by atoms with Gasteiger partial charge in [-0.25, -0.2) is 0 Å². The number of carbonyl (C=O) groups is 1. The van der Waals surface area contributed by atoms with Crippen molar-refractivity contribution in [3.05, 3.63) is 0 Å². The van der Waals surface area contributed by atoms with Crippen molar-refractivity contribution in [3.63, 3.8) is 0 Å². The van der Waals surface area contributed by atoms with Crippen molar-refractivity contribution in [1.82, 2.24) is 5.32 Å². The van der Waals surface area contributed by atoms with Crippen LogP contribution in [-0.2, 0) is 4.79 Å². The molecule has 1 heterocycles. The van der Waals surface area contributed by atoms with Gasteiger partial charge in [0.05, 0.1) is 0 Å². The van der Waals surface area contributed by atoms with E-state index >= 15 is 0 Å². The number of hydrogen-bond acceptors (Lipinski definition) is 1. The SMILES string of the molecule is CC1CCNC(=O)CC1. The van der Waals surface area contributed by atoms with E-state index in [1.54, 1.807) is 0 Å². The predicted molar refractivity (Wildman–Crippen MR) is 36.0 cm³/mol. The Morgan fingerprint density at radius 3 is 3.11 bits per heavy atom. The summed E-state index contributed by atoms with van der Waals surface area (Å²) in [5.41, 5.74) is 0. The first kappa shape index (κ1) is 6.59. The molecule has 0 aromatic rings. The number of nitrogens with one attached hydrogen (secondary N) is 1. The molecule has 0 aromatic heterocycles. The van der Waals surface area contributed by atoms with Crippen LogP contribution in [0.4, 0.5) is 0 Å². The number of amides is 1. The van der Waals surface area contributed by atoms with E-state index in [4.69, 9.17) is 0 Å². The first-order chi connectivity index (χ1) is 4.29. The van der Waals surface area contributed by atoms with Crippen LogP contribution in [0.1, 0.15) is 26.2 Å². The van der Waals surface area contributed by atoms with Crippen LogP contribution < -0.4 is 5.32 Å². The molecule has 0 radical (unpaired) electrons. The molecule has 0 bridgehead atoms. The maximum Gasteiger partial charge on any atom is 0.220 e. The monoisotopic (exact) mass is 127 g/mol. The Morgan fingerprint density at radius 1 is 1.56 bits per heavy atom. The zero-order valence-corrected chi connectivity index (χ0v) is 5.81. The molecule has 1 unspecified atom stereocenters. The van der Waals surface area contributed by atoms with Crippen LogP contribution in [0, 0.1) is 5.92 Å². The lowest BCUT2D eigenvalue weighted by atomic mass is 10.0. The predicted octanol–water partition coefficient (Wildman–Crippen LogP) is 0.923. The smallest absolute Gasteiger partial charge is 0.220 e. The van der Waals surface area contributed by atoms with Gasteiger partial charge >= 0.3 is 0 Å². The van der Waals surface area contributed by atoms with Crippen molar-refractivity contribution >= 4 is 5.91 Å². The minimum Gasteiger partial charge on any atom is -0.356 e. The molecule has 1 fully saturated rings. The van der Waals surface area contributed by atoms with Crippen LogP contribution in [-0.4, -0.2) is 12.5 Å². The summed E-state index contributed by atoms with van der Waals surface area (Å²) in [5, 5.41) is 2.84. The lowest BCUT2D eigenvalue weighted by molar-refractivity contribution is -0.120. The summed E-state index contributed by atoms with van der Waals surface area (Å²) in [7, 11) is 0. The lowest BCUT2D eigenvalue weighted by Crippen LogP contribution is -2.21. The minimum absolute atomic E-state index is 0.222. The second-order valence-electron chi connectivity index (χ2n) is 2.78. The quantitative estimate of drug-likeness (QED) is 0.515. The molecule has 2 heteroatoms. The van der Waals surface area contributed by atoms with Gasteiger partial charge in [-0.05, 0) is 18.8 Å². The molecule has 0 aliphatic carbocycles. The summed E-state index contributed by atoms with van der Waals surface area (Å²) in [6, 6.07) is 0. The number of carbonyl (C=O) groups excluding carboxylic acids is 1. The average molecular weight is 127 g/mol. The minimum atomic E-state index is 0.222. The van der Waals surface area contributed by atoms with Gasteiger partial charge in [0.25, 0.3) is 0 Å². The van der Waals surface area contributed by atoms with E-state index in [-0.39, 0.29) is 5.91 Å². The summed E-state index contributed by atoms with van der Waals surface area (Å²) >= 11 is 0. The zero-order chi connectivity index (χ0) is 6.69. The molecule has 1 aliphatic heterocycles. The Hall–Kier alpha value is -0.530. The van der Waals surface area contributed by atoms with E-state index in [0.717, 1.165) is 31.7 Å². The molecule has 52 valence electrons. The largest absolute Gasteiger partial charge is 0.356 e. The Morgan fingerprint density at radius 2 is 2.33 bits per heavy atom. The molecule has 0 aromatic carbocycles. The molecule has 1 rings (SSSR count). The fourth-order valence-corrected chi connectivity index (χ4v) is 1.07. The fourth-order valence-electron chi connectivity index (χ4n) is 1.07. The van der Waals surface area contributed by atoms with Gasteiger partial charge < -0.3 is 5.32 Å². The third-order valence-electron chi connectivity index (χ3n) is 1.82. The zero-order valence-electron chi connectivity index (χ0n) is 5.81. The van der Waals surface area contributed by atoms with E-state index in [2.05, 4.69) is 12.2 Å². The van der Waals surface area contributed by atoms with Gasteiger partial charge in [0.15, 0.2) is 0 Å². The normalized spacial score (nSPS) is 29.0. The summed E-state index contributed by atoms with van der Waals surface area (Å²) in [6.45, 7) is 3.07. The standard InChI is InChI=1S/C7H13NO/c1-6-2-3-7(9)8-5-4-6/h6H,2-5H2,1H3,(H,8,9). The van der Waals surface area contributed by atoms with E-state index in [1.165, 1.54) is 0 Å². The van der Waals surface area contributed by atoms with Crippen LogP contribution >= 0.6 is 0 Å². The Labute approximate surface area is 55.6 Å².